The third-order valence-electron chi connectivity index (χ3n) is 4.65. The molecule has 0 bridgehead atoms. The molecule has 2 heterocycles. The van der Waals surface area contributed by atoms with E-state index in [9.17, 15) is 4.79 Å². The molecule has 1 aromatic carbocycles. The third kappa shape index (κ3) is 3.87. The molecule has 0 saturated heterocycles. The molecule has 2 aliphatic rings. The van der Waals surface area contributed by atoms with Crippen molar-refractivity contribution in [2.24, 2.45) is 0 Å². The van der Waals surface area contributed by atoms with Crippen LogP contribution in [-0.2, 0) is 0 Å². The van der Waals surface area contributed by atoms with Crippen LogP contribution in [0.1, 0.15) is 42.6 Å². The van der Waals surface area contributed by atoms with Crippen LogP contribution in [0.15, 0.2) is 30.3 Å². The van der Waals surface area contributed by atoms with Gasteiger partial charge in [0.25, 0.3) is 5.91 Å². The first-order chi connectivity index (χ1) is 12.8. The van der Waals surface area contributed by atoms with E-state index in [2.05, 4.69) is 20.8 Å². The Morgan fingerprint density at radius 2 is 1.77 bits per heavy atom. The average Bonchev–Trinajstić information content (AvgIpc) is 2.69. The van der Waals surface area contributed by atoms with Crippen LogP contribution >= 0.6 is 0 Å². The van der Waals surface area contributed by atoms with Gasteiger partial charge in [0.2, 0.25) is 0 Å². The average molecular weight is 354 g/mol. The zero-order chi connectivity index (χ0) is 17.8. The number of ether oxygens (including phenoxy) is 2. The van der Waals surface area contributed by atoms with Gasteiger partial charge < -0.3 is 20.1 Å². The maximum Gasteiger partial charge on any atom is 0.276 e. The molecule has 136 valence electrons. The van der Waals surface area contributed by atoms with E-state index < -0.39 is 0 Å². The quantitative estimate of drug-likeness (QED) is 0.877. The second-order valence-corrected chi connectivity index (χ2v) is 6.60. The van der Waals surface area contributed by atoms with E-state index in [1.807, 2.05) is 0 Å². The highest BCUT2D eigenvalue weighted by molar-refractivity contribution is 6.02. The summed E-state index contributed by atoms with van der Waals surface area (Å²) in [7, 11) is 0. The molecule has 1 fully saturated rings. The highest BCUT2D eigenvalue weighted by atomic mass is 16.6. The fourth-order valence-corrected chi connectivity index (χ4v) is 3.30. The number of anilines is 2. The van der Waals surface area contributed by atoms with Crippen molar-refractivity contribution in [3.8, 4) is 11.5 Å². The van der Waals surface area contributed by atoms with Gasteiger partial charge in [-0.15, -0.1) is 10.2 Å². The van der Waals surface area contributed by atoms with Crippen LogP contribution in [-0.4, -0.2) is 35.4 Å². The van der Waals surface area contributed by atoms with Crippen LogP contribution in [0.3, 0.4) is 0 Å². The number of aromatic nitrogens is 2. The number of nitrogens with one attached hydrogen (secondary N) is 2. The standard InChI is InChI=1S/C19H22N4O3/c24-19(21-14-6-8-16-17(12-14)26-11-10-25-16)15-7-9-18(23-22-15)20-13-4-2-1-3-5-13/h6-9,12-13H,1-5,10-11H2,(H,20,23)(H,21,24). The van der Waals surface area contributed by atoms with E-state index in [0.29, 0.717) is 42.3 Å². The van der Waals surface area contributed by atoms with Crippen LogP contribution in [0.5, 0.6) is 11.5 Å². The molecule has 2 N–H and O–H groups in total. The number of hydrogen-bond acceptors (Lipinski definition) is 6. The number of rotatable bonds is 4. The Hall–Kier alpha value is -2.83. The lowest BCUT2D eigenvalue weighted by molar-refractivity contribution is 0.102. The smallest absolute Gasteiger partial charge is 0.276 e. The molecule has 1 amide bonds. The van der Waals surface area contributed by atoms with Crippen LogP contribution in [0.4, 0.5) is 11.5 Å². The fourth-order valence-electron chi connectivity index (χ4n) is 3.30. The topological polar surface area (TPSA) is 85.4 Å². The van der Waals surface area contributed by atoms with Crippen molar-refractivity contribution in [3.05, 3.63) is 36.0 Å². The molecule has 7 heteroatoms. The van der Waals surface area contributed by atoms with E-state index in [4.69, 9.17) is 9.47 Å². The summed E-state index contributed by atoms with van der Waals surface area (Å²) in [5.41, 5.74) is 0.902. The van der Waals surface area contributed by atoms with Gasteiger partial charge in [-0.25, -0.2) is 0 Å². The van der Waals surface area contributed by atoms with Crippen molar-refractivity contribution in [3.63, 3.8) is 0 Å². The van der Waals surface area contributed by atoms with Gasteiger partial charge >= 0.3 is 0 Å². The van der Waals surface area contributed by atoms with Crippen LogP contribution in [0.25, 0.3) is 0 Å². The first kappa shape index (κ1) is 16.6. The molecule has 4 rings (SSSR count). The molecule has 1 saturated carbocycles. The zero-order valence-electron chi connectivity index (χ0n) is 14.5. The molecule has 7 nitrogen and oxygen atoms in total. The molecule has 1 aliphatic carbocycles. The molecule has 0 unspecified atom stereocenters. The Morgan fingerprint density at radius 1 is 0.962 bits per heavy atom. The van der Waals surface area contributed by atoms with E-state index in [-0.39, 0.29) is 11.6 Å². The second-order valence-electron chi connectivity index (χ2n) is 6.60. The number of amides is 1. The Balaban J connectivity index is 1.38. The Kier molecular flexibility index (Phi) is 4.86. The molecule has 2 aromatic rings. The first-order valence-electron chi connectivity index (χ1n) is 9.09. The van der Waals surface area contributed by atoms with E-state index in [0.717, 1.165) is 12.8 Å². The highest BCUT2D eigenvalue weighted by Gasteiger charge is 2.16. The second kappa shape index (κ2) is 7.59. The number of carbonyl (C=O) groups is 1. The summed E-state index contributed by atoms with van der Waals surface area (Å²) in [6, 6.07) is 9.26. The lowest BCUT2D eigenvalue weighted by Gasteiger charge is -2.22. The van der Waals surface area contributed by atoms with Gasteiger partial charge in [0.1, 0.15) is 19.0 Å². The predicted molar refractivity (Wildman–Crippen MR) is 97.9 cm³/mol. The van der Waals surface area contributed by atoms with Crippen molar-refractivity contribution in [1.29, 1.82) is 0 Å². The lowest BCUT2D eigenvalue weighted by Crippen LogP contribution is -2.23. The van der Waals surface area contributed by atoms with Crippen molar-refractivity contribution in [1.82, 2.24) is 10.2 Å². The molecule has 1 aliphatic heterocycles. The van der Waals surface area contributed by atoms with Crippen molar-refractivity contribution in [2.75, 3.05) is 23.8 Å². The molecular weight excluding hydrogens is 332 g/mol. The number of fused-ring (bicyclic) bond motifs is 1. The Labute approximate surface area is 152 Å². The van der Waals surface area contributed by atoms with Crippen molar-refractivity contribution < 1.29 is 14.3 Å². The van der Waals surface area contributed by atoms with E-state index >= 15 is 0 Å². The summed E-state index contributed by atoms with van der Waals surface area (Å²) < 4.78 is 11.0. The fraction of sp³-hybridized carbons (Fsp3) is 0.421. The summed E-state index contributed by atoms with van der Waals surface area (Å²) in [5, 5.41) is 14.4. The summed E-state index contributed by atoms with van der Waals surface area (Å²) >= 11 is 0. The Morgan fingerprint density at radius 3 is 2.54 bits per heavy atom. The summed E-state index contributed by atoms with van der Waals surface area (Å²) in [4.78, 5) is 12.4. The minimum atomic E-state index is -0.307. The number of nitrogens with zero attached hydrogens (tertiary/aromatic N) is 2. The number of hydrogen-bond donors (Lipinski definition) is 2. The largest absolute Gasteiger partial charge is 0.486 e. The van der Waals surface area contributed by atoms with Crippen molar-refractivity contribution in [2.45, 2.75) is 38.1 Å². The summed E-state index contributed by atoms with van der Waals surface area (Å²) in [6.45, 7) is 1.04. The zero-order valence-corrected chi connectivity index (χ0v) is 14.5. The molecule has 1 aromatic heterocycles. The van der Waals surface area contributed by atoms with Crippen LogP contribution in [0.2, 0.25) is 0 Å². The number of carbonyl (C=O) groups excluding carboxylic acids is 1. The van der Waals surface area contributed by atoms with Gasteiger partial charge in [-0.2, -0.15) is 0 Å². The maximum atomic E-state index is 12.4. The van der Waals surface area contributed by atoms with Gasteiger partial charge in [0.05, 0.1) is 0 Å². The first-order valence-corrected chi connectivity index (χ1v) is 9.09. The van der Waals surface area contributed by atoms with E-state index in [1.165, 1.54) is 19.3 Å². The lowest BCUT2D eigenvalue weighted by atomic mass is 9.95. The highest BCUT2D eigenvalue weighted by Crippen LogP contribution is 2.32. The summed E-state index contributed by atoms with van der Waals surface area (Å²) in [6.07, 6.45) is 6.13. The maximum absolute atomic E-state index is 12.4. The monoisotopic (exact) mass is 354 g/mol. The van der Waals surface area contributed by atoms with E-state index in [1.54, 1.807) is 30.3 Å². The summed E-state index contributed by atoms with van der Waals surface area (Å²) in [5.74, 6) is 1.73. The van der Waals surface area contributed by atoms with Crippen LogP contribution in [0, 0.1) is 0 Å². The SMILES string of the molecule is O=C(Nc1ccc2c(c1)OCCO2)c1ccc(NC2CCCCC2)nn1. The third-order valence-corrected chi connectivity index (χ3v) is 4.65. The van der Waals surface area contributed by atoms with Gasteiger partial charge in [-0.3, -0.25) is 4.79 Å². The minimum absolute atomic E-state index is 0.272. The predicted octanol–water partition coefficient (Wildman–Crippen LogP) is 3.24. The van der Waals surface area contributed by atoms with Gasteiger partial charge in [0, 0.05) is 17.8 Å². The van der Waals surface area contributed by atoms with Gasteiger partial charge in [-0.05, 0) is 37.1 Å². The molecular formula is C19H22N4O3. The van der Waals surface area contributed by atoms with Gasteiger partial charge in [0.15, 0.2) is 17.2 Å². The molecule has 0 spiro atoms. The Bertz CT molecular complexity index is 773. The normalized spacial score (nSPS) is 16.8. The minimum Gasteiger partial charge on any atom is -0.486 e. The molecule has 0 radical (unpaired) electrons. The van der Waals surface area contributed by atoms with Gasteiger partial charge in [-0.1, -0.05) is 19.3 Å². The number of benzene rings is 1. The van der Waals surface area contributed by atoms with Crippen LogP contribution < -0.4 is 20.1 Å². The van der Waals surface area contributed by atoms with Crippen molar-refractivity contribution >= 4 is 17.4 Å². The molecule has 26 heavy (non-hydrogen) atoms. The molecule has 0 atom stereocenters.